The maximum absolute atomic E-state index is 13.7. The predicted octanol–water partition coefficient (Wildman–Crippen LogP) is 8.30. The summed E-state index contributed by atoms with van der Waals surface area (Å²) in [4.78, 5) is 27.3. The van der Waals surface area contributed by atoms with Crippen molar-refractivity contribution in [2.24, 2.45) is 39.9 Å². The molecule has 0 bridgehead atoms. The van der Waals surface area contributed by atoms with Gasteiger partial charge in [0.15, 0.2) is 28.2 Å². The smallest absolute Gasteiger partial charge is 0.316 e. The van der Waals surface area contributed by atoms with E-state index in [0.29, 0.717) is 12.5 Å². The third-order valence-electron chi connectivity index (χ3n) is 14.5. The molecule has 0 aromatic heterocycles. The minimum absolute atomic E-state index is 0.00938. The van der Waals surface area contributed by atoms with E-state index >= 15 is 0 Å². The highest BCUT2D eigenvalue weighted by Crippen LogP contribution is 2.73. The third-order valence-corrected chi connectivity index (χ3v) is 23.5. The van der Waals surface area contributed by atoms with Crippen LogP contribution in [0.1, 0.15) is 94.9 Å². The van der Waals surface area contributed by atoms with E-state index in [2.05, 4.69) is 87.7 Å². The first-order chi connectivity index (χ1) is 20.8. The fourth-order valence-corrected chi connectivity index (χ4v) is 12.5. The van der Waals surface area contributed by atoms with Crippen molar-refractivity contribution in [3.8, 4) is 0 Å². The van der Waals surface area contributed by atoms with Crippen LogP contribution in [0.15, 0.2) is 12.2 Å². The molecule has 1 heterocycles. The van der Waals surface area contributed by atoms with Crippen molar-refractivity contribution in [3.05, 3.63) is 12.2 Å². The number of ether oxygens (including phenoxy) is 3. The Balaban J connectivity index is 1.68. The highest BCUT2D eigenvalue weighted by atomic mass is 28.4. The third kappa shape index (κ3) is 5.31. The van der Waals surface area contributed by atoms with E-state index < -0.39 is 51.7 Å². The van der Waals surface area contributed by atoms with Crippen LogP contribution in [0.25, 0.3) is 0 Å². The lowest BCUT2D eigenvalue weighted by atomic mass is 9.38. The highest BCUT2D eigenvalue weighted by Gasteiger charge is 2.76. The number of methoxy groups -OCH3 is 1. The fraction of sp³-hybridized carbons (Fsp3) is 0.892. The van der Waals surface area contributed by atoms with E-state index in [0.717, 1.165) is 25.7 Å². The van der Waals surface area contributed by atoms with Crippen LogP contribution in [-0.2, 0) is 32.7 Å². The summed E-state index contributed by atoms with van der Waals surface area (Å²) in [5.74, 6) is -2.51. The Morgan fingerprint density at radius 2 is 1.52 bits per heavy atom. The van der Waals surface area contributed by atoms with E-state index in [9.17, 15) is 9.59 Å². The Kier molecular flexibility index (Phi) is 8.77. The van der Waals surface area contributed by atoms with Gasteiger partial charge in [-0.3, -0.25) is 9.59 Å². The molecule has 5 rings (SSSR count). The maximum atomic E-state index is 13.7. The first-order valence-corrected chi connectivity index (χ1v) is 23.6. The first-order valence-electron chi connectivity index (χ1n) is 17.8. The Labute approximate surface area is 281 Å². The lowest BCUT2D eigenvalue weighted by Crippen LogP contribution is -2.71. The van der Waals surface area contributed by atoms with Gasteiger partial charge in [0.2, 0.25) is 0 Å². The van der Waals surface area contributed by atoms with Crippen LogP contribution in [0.4, 0.5) is 0 Å². The van der Waals surface area contributed by atoms with Crippen molar-refractivity contribution in [2.45, 2.75) is 155 Å². The van der Waals surface area contributed by atoms with Crippen LogP contribution < -0.4 is 0 Å². The SMILES string of the molecule is COC(=O)[C@@H]1C(=O)C=C[C@@]2(CO[Si](C)(C)C(C)(C)C)[C@H]1[C@H]1OC(C)(C)O[C@H]1[C@@]1(C)[C@@H]3CC[C@H](O[Si](C)(C)C(C)(C)C)[C@@]3(C)CC[C@H]21. The second-order valence-electron chi connectivity index (χ2n) is 19.4. The van der Waals surface area contributed by atoms with Crippen LogP contribution in [-0.4, -0.2) is 66.2 Å². The standard InChI is InChI=1S/C37H64O7Si2/c1-32(2,3)45(12,13)41-22-37-21-18-23(38)27(31(39)40-11)28(37)29-30(43-34(7,8)42-29)36(10)24-16-17-26(35(24,9)20-19-25(36)37)44-46(14,15)33(4,5)6/h18,21,24-30H,16-17,19-20,22H2,1-15H3/t24-,25+,26+,27-,28-,29-,30-,35+,36+,37+/m1/s1. The Hall–Kier alpha value is -0.846. The second-order valence-corrected chi connectivity index (χ2v) is 29.0. The number of rotatable bonds is 6. The van der Waals surface area contributed by atoms with Crippen molar-refractivity contribution < 1.29 is 32.7 Å². The van der Waals surface area contributed by atoms with E-state index in [-0.39, 0.29) is 44.8 Å². The normalized spacial score (nSPS) is 42.2. The average molecular weight is 677 g/mol. The molecule has 0 N–H and O–H groups in total. The van der Waals surface area contributed by atoms with Gasteiger partial charge in [-0.2, -0.15) is 0 Å². The summed E-state index contributed by atoms with van der Waals surface area (Å²) in [7, 11) is -2.83. The summed E-state index contributed by atoms with van der Waals surface area (Å²) in [5, 5.41) is 0.140. The molecule has 0 spiro atoms. The number of hydrogen-bond acceptors (Lipinski definition) is 7. The Morgan fingerprint density at radius 3 is 2.09 bits per heavy atom. The van der Waals surface area contributed by atoms with Crippen molar-refractivity contribution >= 4 is 28.4 Å². The van der Waals surface area contributed by atoms with Gasteiger partial charge in [-0.15, -0.1) is 0 Å². The summed E-state index contributed by atoms with van der Waals surface area (Å²) in [5.41, 5.74) is -0.914. The maximum Gasteiger partial charge on any atom is 0.316 e. The van der Waals surface area contributed by atoms with E-state index in [1.54, 1.807) is 6.08 Å². The zero-order valence-electron chi connectivity index (χ0n) is 31.6. The van der Waals surface area contributed by atoms with Crippen LogP contribution in [0.3, 0.4) is 0 Å². The molecule has 10 atom stereocenters. The fourth-order valence-electron chi connectivity index (χ4n) is 10.0. The summed E-state index contributed by atoms with van der Waals surface area (Å²) in [6, 6.07) is 0. The molecular formula is C37H64O7Si2. The zero-order valence-corrected chi connectivity index (χ0v) is 33.6. The number of carbonyl (C=O) groups excluding carboxylic acids is 2. The van der Waals surface area contributed by atoms with E-state index in [4.69, 9.17) is 23.1 Å². The van der Waals surface area contributed by atoms with Crippen molar-refractivity contribution in [1.29, 1.82) is 0 Å². The Morgan fingerprint density at radius 1 is 0.913 bits per heavy atom. The summed E-state index contributed by atoms with van der Waals surface area (Å²) in [6.45, 7) is 32.4. The monoisotopic (exact) mass is 676 g/mol. The molecule has 0 unspecified atom stereocenters. The van der Waals surface area contributed by atoms with Gasteiger partial charge in [-0.25, -0.2) is 0 Å². The molecule has 262 valence electrons. The zero-order chi connectivity index (χ0) is 34.7. The second kappa shape index (κ2) is 11.1. The van der Waals surface area contributed by atoms with E-state index in [1.807, 2.05) is 13.8 Å². The molecule has 0 aromatic carbocycles. The molecule has 0 aromatic rings. The average Bonchev–Trinajstić information content (AvgIpc) is 3.42. The molecule has 7 nitrogen and oxygen atoms in total. The predicted molar refractivity (Wildman–Crippen MR) is 186 cm³/mol. The molecule has 1 saturated heterocycles. The lowest BCUT2D eigenvalue weighted by molar-refractivity contribution is -0.233. The summed E-state index contributed by atoms with van der Waals surface area (Å²) < 4.78 is 33.7. The molecule has 4 aliphatic carbocycles. The van der Waals surface area contributed by atoms with Gasteiger partial charge in [0.25, 0.3) is 0 Å². The molecule has 9 heteroatoms. The molecule has 1 aliphatic heterocycles. The van der Waals surface area contributed by atoms with Gasteiger partial charge in [0, 0.05) is 23.4 Å². The van der Waals surface area contributed by atoms with Crippen LogP contribution in [0, 0.1) is 39.9 Å². The molecule has 3 saturated carbocycles. The number of carbonyl (C=O) groups is 2. The van der Waals surface area contributed by atoms with Crippen molar-refractivity contribution in [3.63, 3.8) is 0 Å². The molecule has 4 fully saturated rings. The van der Waals surface area contributed by atoms with Gasteiger partial charge in [-0.1, -0.05) is 61.5 Å². The topological polar surface area (TPSA) is 80.3 Å². The van der Waals surface area contributed by atoms with Crippen molar-refractivity contribution in [2.75, 3.05) is 13.7 Å². The largest absolute Gasteiger partial charge is 0.468 e. The molecular weight excluding hydrogens is 613 g/mol. The lowest BCUT2D eigenvalue weighted by Gasteiger charge is -2.68. The molecule has 5 aliphatic rings. The quantitative estimate of drug-likeness (QED) is 0.159. The Bertz CT molecular complexity index is 1260. The molecule has 46 heavy (non-hydrogen) atoms. The number of hydrogen-bond donors (Lipinski definition) is 0. The number of ketones is 1. The van der Waals surface area contributed by atoms with Gasteiger partial charge < -0.3 is 23.1 Å². The number of fused-ring (bicyclic) bond motifs is 8. The number of allylic oxidation sites excluding steroid dienone is 1. The molecule has 0 radical (unpaired) electrons. The van der Waals surface area contributed by atoms with Gasteiger partial charge in [0.1, 0.15) is 5.92 Å². The highest BCUT2D eigenvalue weighted by molar-refractivity contribution is 6.74. The summed E-state index contributed by atoms with van der Waals surface area (Å²) >= 11 is 0. The van der Waals surface area contributed by atoms with Crippen LogP contribution in [0.5, 0.6) is 0 Å². The summed E-state index contributed by atoms with van der Waals surface area (Å²) in [6.07, 6.45) is 7.32. The van der Waals surface area contributed by atoms with Crippen molar-refractivity contribution in [1.82, 2.24) is 0 Å². The van der Waals surface area contributed by atoms with Crippen LogP contribution in [0.2, 0.25) is 36.3 Å². The van der Waals surface area contributed by atoms with E-state index in [1.165, 1.54) is 7.11 Å². The minimum Gasteiger partial charge on any atom is -0.468 e. The van der Waals surface area contributed by atoms with Crippen LogP contribution >= 0.6 is 0 Å². The molecule has 0 amide bonds. The van der Waals surface area contributed by atoms with Gasteiger partial charge in [0.05, 0.1) is 25.4 Å². The van der Waals surface area contributed by atoms with Gasteiger partial charge in [-0.05, 0) is 99.1 Å². The minimum atomic E-state index is -2.21. The number of esters is 1. The first kappa shape index (κ1) is 36.4. The van der Waals surface area contributed by atoms with Gasteiger partial charge >= 0.3 is 5.97 Å².